The number of carbonyl (C=O) groups is 1. The molecule has 4 bridgehead atoms. The molecule has 4 rings (SSSR count). The number of carboxylic acid groups (broad SMARTS) is 1. The average molecular weight is 231 g/mol. The van der Waals surface area contributed by atoms with E-state index in [2.05, 4.69) is 0 Å². The van der Waals surface area contributed by atoms with Crippen LogP contribution in [0.5, 0.6) is 0 Å². The summed E-state index contributed by atoms with van der Waals surface area (Å²) in [5.41, 5.74) is -0.00924. The first-order valence-corrected chi connectivity index (χ1v) is 6.46. The highest BCUT2D eigenvalue weighted by Crippen LogP contribution is 2.60. The molecule has 3 heteroatoms. The summed E-state index contributed by atoms with van der Waals surface area (Å²) >= 11 is 0. The molecule has 0 unspecified atom stereocenters. The fourth-order valence-electron chi connectivity index (χ4n) is 4.80. The highest BCUT2D eigenvalue weighted by molar-refractivity contribution is 5.91. The number of rotatable bonds is 2. The van der Waals surface area contributed by atoms with E-state index in [-0.39, 0.29) is 11.0 Å². The van der Waals surface area contributed by atoms with Crippen molar-refractivity contribution < 1.29 is 9.90 Å². The average Bonchev–Trinajstić information content (AvgIpc) is 2.23. The zero-order chi connectivity index (χ0) is 12.0. The van der Waals surface area contributed by atoms with Gasteiger partial charge in [0, 0.05) is 0 Å². The Labute approximate surface area is 101 Å². The summed E-state index contributed by atoms with van der Waals surface area (Å²) in [7, 11) is 0. The fourth-order valence-corrected chi connectivity index (χ4v) is 4.80. The Hall–Kier alpha value is -1.30. The molecule has 90 valence electrons. The zero-order valence-corrected chi connectivity index (χ0v) is 9.85. The van der Waals surface area contributed by atoms with Gasteiger partial charge in [-0.25, -0.2) is 4.79 Å². The summed E-state index contributed by atoms with van der Waals surface area (Å²) in [6.07, 6.45) is 9.12. The SMILES string of the molecule is N#C/C(=C/C12CC3CC(CC(C3)C1)C2)C(=O)O. The van der Waals surface area contributed by atoms with E-state index in [1.54, 1.807) is 6.08 Å². The van der Waals surface area contributed by atoms with E-state index in [0.717, 1.165) is 37.0 Å². The van der Waals surface area contributed by atoms with Crippen LogP contribution >= 0.6 is 0 Å². The lowest BCUT2D eigenvalue weighted by atomic mass is 9.49. The van der Waals surface area contributed by atoms with E-state index in [1.165, 1.54) is 19.3 Å². The number of allylic oxidation sites excluding steroid dienone is 1. The second-order valence-corrected chi connectivity index (χ2v) is 6.25. The molecule has 0 atom stereocenters. The molecule has 4 aliphatic carbocycles. The molecule has 4 aliphatic rings. The van der Waals surface area contributed by atoms with Gasteiger partial charge in [0.2, 0.25) is 0 Å². The first-order chi connectivity index (χ1) is 8.10. The van der Waals surface area contributed by atoms with Crippen LogP contribution in [0.2, 0.25) is 0 Å². The smallest absolute Gasteiger partial charge is 0.346 e. The van der Waals surface area contributed by atoms with Crippen molar-refractivity contribution in [3.8, 4) is 6.07 Å². The van der Waals surface area contributed by atoms with Crippen molar-refractivity contribution in [2.45, 2.75) is 38.5 Å². The minimum absolute atomic E-state index is 0.0399. The zero-order valence-electron chi connectivity index (χ0n) is 9.85. The quantitative estimate of drug-likeness (QED) is 0.587. The Morgan fingerprint density at radius 2 is 1.65 bits per heavy atom. The van der Waals surface area contributed by atoms with Crippen molar-refractivity contribution in [1.29, 1.82) is 5.26 Å². The number of hydrogen-bond donors (Lipinski definition) is 1. The standard InChI is InChI=1S/C14H17NO2/c15-8-12(13(16)17)7-14-4-9-1-10(5-14)3-11(2-9)6-14/h7,9-11H,1-6H2,(H,16,17)/b12-7-. The molecule has 0 amide bonds. The van der Waals surface area contributed by atoms with E-state index in [4.69, 9.17) is 10.4 Å². The van der Waals surface area contributed by atoms with Gasteiger partial charge in [-0.2, -0.15) is 5.26 Å². The van der Waals surface area contributed by atoms with Crippen LogP contribution in [0, 0.1) is 34.5 Å². The largest absolute Gasteiger partial charge is 0.477 e. The minimum atomic E-state index is -1.07. The van der Waals surface area contributed by atoms with E-state index in [0.29, 0.717) is 0 Å². The summed E-state index contributed by atoms with van der Waals surface area (Å²) in [5.74, 6) is 1.28. The van der Waals surface area contributed by atoms with Crippen LogP contribution in [0.1, 0.15) is 38.5 Å². The number of hydrogen-bond acceptors (Lipinski definition) is 2. The molecular formula is C14H17NO2. The van der Waals surface area contributed by atoms with E-state index in [9.17, 15) is 4.79 Å². The molecular weight excluding hydrogens is 214 g/mol. The van der Waals surface area contributed by atoms with Gasteiger partial charge in [0.05, 0.1) is 0 Å². The lowest BCUT2D eigenvalue weighted by Gasteiger charge is -2.55. The molecule has 3 nitrogen and oxygen atoms in total. The topological polar surface area (TPSA) is 61.1 Å². The van der Waals surface area contributed by atoms with Gasteiger partial charge in [-0.15, -0.1) is 0 Å². The lowest BCUT2D eigenvalue weighted by molar-refractivity contribution is -0.132. The number of nitrogens with zero attached hydrogens (tertiary/aromatic N) is 1. The third-order valence-electron chi connectivity index (χ3n) is 4.89. The van der Waals surface area contributed by atoms with Gasteiger partial charge in [-0.3, -0.25) is 0 Å². The number of nitriles is 1. The number of carboxylic acids is 1. The van der Waals surface area contributed by atoms with Crippen LogP contribution in [0.15, 0.2) is 11.6 Å². The fraction of sp³-hybridized carbons (Fsp3) is 0.714. The van der Waals surface area contributed by atoms with Gasteiger partial charge in [-0.05, 0) is 61.7 Å². The Morgan fingerprint density at radius 1 is 1.18 bits per heavy atom. The summed E-state index contributed by atoms with van der Waals surface area (Å²) in [4.78, 5) is 11.0. The second kappa shape index (κ2) is 3.60. The van der Waals surface area contributed by atoms with Gasteiger partial charge < -0.3 is 5.11 Å². The van der Waals surface area contributed by atoms with Gasteiger partial charge in [0.15, 0.2) is 0 Å². The first kappa shape index (κ1) is 10.8. The molecule has 0 aromatic carbocycles. The molecule has 4 fully saturated rings. The van der Waals surface area contributed by atoms with Gasteiger partial charge in [0.25, 0.3) is 0 Å². The molecule has 0 spiro atoms. The van der Waals surface area contributed by atoms with Gasteiger partial charge in [0.1, 0.15) is 11.6 Å². The maximum Gasteiger partial charge on any atom is 0.346 e. The molecule has 0 aliphatic heterocycles. The maximum atomic E-state index is 11.0. The van der Waals surface area contributed by atoms with Crippen molar-refractivity contribution in [1.82, 2.24) is 0 Å². The summed E-state index contributed by atoms with van der Waals surface area (Å²) in [5, 5.41) is 17.9. The van der Waals surface area contributed by atoms with Crippen molar-refractivity contribution >= 4 is 5.97 Å². The maximum absolute atomic E-state index is 11.0. The Morgan fingerprint density at radius 3 is 2.00 bits per heavy atom. The van der Waals surface area contributed by atoms with Crippen LogP contribution in [0.3, 0.4) is 0 Å². The van der Waals surface area contributed by atoms with Gasteiger partial charge >= 0.3 is 5.97 Å². The van der Waals surface area contributed by atoms with Crippen LogP contribution in [-0.4, -0.2) is 11.1 Å². The highest BCUT2D eigenvalue weighted by Gasteiger charge is 2.50. The Bertz CT molecular complexity index is 395. The lowest BCUT2D eigenvalue weighted by Crippen LogP contribution is -2.45. The van der Waals surface area contributed by atoms with Crippen molar-refractivity contribution in [3.63, 3.8) is 0 Å². The van der Waals surface area contributed by atoms with Crippen molar-refractivity contribution in [2.75, 3.05) is 0 Å². The predicted octanol–water partition coefficient (Wildman–Crippen LogP) is 2.74. The molecule has 0 aromatic heterocycles. The van der Waals surface area contributed by atoms with Gasteiger partial charge in [-0.1, -0.05) is 6.08 Å². The van der Waals surface area contributed by atoms with Crippen LogP contribution in [-0.2, 0) is 4.79 Å². The summed E-state index contributed by atoms with van der Waals surface area (Å²) in [6, 6.07) is 1.84. The second-order valence-electron chi connectivity index (χ2n) is 6.25. The Balaban J connectivity index is 1.92. The van der Waals surface area contributed by atoms with E-state index >= 15 is 0 Å². The summed E-state index contributed by atoms with van der Waals surface area (Å²) < 4.78 is 0. The Kier molecular flexibility index (Phi) is 2.29. The molecule has 0 aromatic rings. The first-order valence-electron chi connectivity index (χ1n) is 6.46. The minimum Gasteiger partial charge on any atom is -0.477 e. The third kappa shape index (κ3) is 1.76. The van der Waals surface area contributed by atoms with E-state index < -0.39 is 5.97 Å². The normalized spacial score (nSPS) is 43.5. The molecule has 0 heterocycles. The molecule has 1 N–H and O–H groups in total. The monoisotopic (exact) mass is 231 g/mol. The van der Waals surface area contributed by atoms with Crippen molar-refractivity contribution in [2.24, 2.45) is 23.2 Å². The van der Waals surface area contributed by atoms with Crippen LogP contribution in [0.25, 0.3) is 0 Å². The van der Waals surface area contributed by atoms with Crippen molar-refractivity contribution in [3.05, 3.63) is 11.6 Å². The van der Waals surface area contributed by atoms with Crippen LogP contribution in [0.4, 0.5) is 0 Å². The predicted molar refractivity (Wildman–Crippen MR) is 61.9 cm³/mol. The van der Waals surface area contributed by atoms with Crippen LogP contribution < -0.4 is 0 Å². The molecule has 0 radical (unpaired) electrons. The number of aliphatic carboxylic acids is 1. The molecule has 0 saturated heterocycles. The van der Waals surface area contributed by atoms with E-state index in [1.807, 2.05) is 6.07 Å². The highest BCUT2D eigenvalue weighted by atomic mass is 16.4. The third-order valence-corrected chi connectivity index (χ3v) is 4.89. The summed E-state index contributed by atoms with van der Waals surface area (Å²) in [6.45, 7) is 0. The molecule has 4 saturated carbocycles. The molecule has 17 heavy (non-hydrogen) atoms.